The fourth-order valence-electron chi connectivity index (χ4n) is 3.87. The minimum absolute atomic E-state index is 0.539. The van der Waals surface area contributed by atoms with E-state index in [1.54, 1.807) is 4.90 Å². The van der Waals surface area contributed by atoms with Gasteiger partial charge < -0.3 is 0 Å². The average molecular weight is 275 g/mol. The summed E-state index contributed by atoms with van der Waals surface area (Å²) >= 11 is 0. The zero-order chi connectivity index (χ0) is 12.9. The molecular formula is C18H27S+. The minimum Gasteiger partial charge on any atom is -0.0619 e. The van der Waals surface area contributed by atoms with Crippen molar-refractivity contribution in [2.24, 2.45) is 0 Å². The Kier molecular flexibility index (Phi) is 4.87. The van der Waals surface area contributed by atoms with Crippen molar-refractivity contribution in [2.75, 3.05) is 0 Å². The Morgan fingerprint density at radius 1 is 0.632 bits per heavy atom. The Morgan fingerprint density at radius 3 is 1.58 bits per heavy atom. The lowest BCUT2D eigenvalue weighted by Crippen LogP contribution is -2.35. The third-order valence-electron chi connectivity index (χ3n) is 4.84. The molecule has 19 heavy (non-hydrogen) atoms. The zero-order valence-corrected chi connectivity index (χ0v) is 12.8. The molecule has 2 fully saturated rings. The molecule has 0 atom stereocenters. The lowest BCUT2D eigenvalue weighted by molar-refractivity contribution is 0.488. The molecule has 0 aromatic heterocycles. The van der Waals surface area contributed by atoms with E-state index in [1.165, 1.54) is 64.2 Å². The molecule has 1 aromatic rings. The summed E-state index contributed by atoms with van der Waals surface area (Å²) in [7, 11) is 0.539. The van der Waals surface area contributed by atoms with E-state index in [2.05, 4.69) is 30.3 Å². The lowest BCUT2D eigenvalue weighted by atomic mass is 10.00. The van der Waals surface area contributed by atoms with E-state index >= 15 is 0 Å². The summed E-state index contributed by atoms with van der Waals surface area (Å²) in [6.07, 6.45) is 14.9. The highest BCUT2D eigenvalue weighted by Crippen LogP contribution is 2.38. The second kappa shape index (κ2) is 6.83. The highest BCUT2D eigenvalue weighted by atomic mass is 32.2. The quantitative estimate of drug-likeness (QED) is 0.654. The monoisotopic (exact) mass is 275 g/mol. The van der Waals surface area contributed by atoms with Gasteiger partial charge >= 0.3 is 0 Å². The number of rotatable bonds is 3. The average Bonchev–Trinajstić information content (AvgIpc) is 2.51. The smallest absolute Gasteiger partial charge is 0.0619 e. The van der Waals surface area contributed by atoms with Crippen molar-refractivity contribution < 1.29 is 0 Å². The third-order valence-corrected chi connectivity index (χ3v) is 8.03. The Bertz CT molecular complexity index is 343. The van der Waals surface area contributed by atoms with Crippen LogP contribution in [-0.4, -0.2) is 10.5 Å². The van der Waals surface area contributed by atoms with Crippen molar-refractivity contribution in [3.05, 3.63) is 30.3 Å². The van der Waals surface area contributed by atoms with Gasteiger partial charge in [-0.1, -0.05) is 31.0 Å². The zero-order valence-electron chi connectivity index (χ0n) is 12.0. The number of hydrogen-bond acceptors (Lipinski definition) is 0. The first-order valence-corrected chi connectivity index (χ1v) is 9.57. The van der Waals surface area contributed by atoms with Gasteiger partial charge in [-0.3, -0.25) is 0 Å². The summed E-state index contributed by atoms with van der Waals surface area (Å²) in [5.41, 5.74) is 0. The molecule has 0 radical (unpaired) electrons. The number of hydrogen-bond donors (Lipinski definition) is 0. The van der Waals surface area contributed by atoms with E-state index in [0.717, 1.165) is 10.5 Å². The van der Waals surface area contributed by atoms with Gasteiger partial charge in [-0.25, -0.2) is 0 Å². The first-order valence-electron chi connectivity index (χ1n) is 8.22. The highest BCUT2D eigenvalue weighted by Gasteiger charge is 2.41. The standard InChI is InChI=1S/C18H27S/c1-4-10-16(11-5-1)19(17-12-6-2-7-13-17)18-14-8-3-9-15-18/h1,4-5,10-11,17-18H,2-3,6-9,12-15H2/q+1. The first-order chi connectivity index (χ1) is 9.45. The predicted molar refractivity (Wildman–Crippen MR) is 85.8 cm³/mol. The van der Waals surface area contributed by atoms with E-state index in [0.29, 0.717) is 10.9 Å². The Morgan fingerprint density at radius 2 is 1.11 bits per heavy atom. The summed E-state index contributed by atoms with van der Waals surface area (Å²) < 4.78 is 0. The van der Waals surface area contributed by atoms with Crippen LogP contribution in [0.15, 0.2) is 35.2 Å². The van der Waals surface area contributed by atoms with Crippen molar-refractivity contribution in [1.82, 2.24) is 0 Å². The fraction of sp³-hybridized carbons (Fsp3) is 0.667. The highest BCUT2D eigenvalue weighted by molar-refractivity contribution is 7.98. The molecule has 3 rings (SSSR count). The van der Waals surface area contributed by atoms with Gasteiger partial charge in [0.25, 0.3) is 0 Å². The van der Waals surface area contributed by atoms with Crippen molar-refractivity contribution in [3.63, 3.8) is 0 Å². The van der Waals surface area contributed by atoms with E-state index in [1.807, 2.05) is 0 Å². The van der Waals surface area contributed by atoms with Crippen molar-refractivity contribution >= 4 is 10.9 Å². The first kappa shape index (κ1) is 13.5. The largest absolute Gasteiger partial charge is 0.155 e. The van der Waals surface area contributed by atoms with Crippen LogP contribution in [0.5, 0.6) is 0 Å². The van der Waals surface area contributed by atoms with Crippen molar-refractivity contribution in [1.29, 1.82) is 0 Å². The molecule has 0 N–H and O–H groups in total. The van der Waals surface area contributed by atoms with Crippen LogP contribution in [-0.2, 0) is 10.9 Å². The van der Waals surface area contributed by atoms with Gasteiger partial charge in [-0.05, 0) is 63.5 Å². The topological polar surface area (TPSA) is 0 Å². The maximum atomic E-state index is 2.41. The molecule has 0 nitrogen and oxygen atoms in total. The minimum atomic E-state index is 0.539. The van der Waals surface area contributed by atoms with Gasteiger partial charge in [0.1, 0.15) is 10.5 Å². The summed E-state index contributed by atoms with van der Waals surface area (Å²) in [5, 5.41) is 2.00. The molecule has 0 unspecified atom stereocenters. The second-order valence-corrected chi connectivity index (χ2v) is 8.75. The van der Waals surface area contributed by atoms with Crippen LogP contribution in [0.2, 0.25) is 0 Å². The molecule has 0 bridgehead atoms. The molecule has 2 saturated carbocycles. The Hall–Kier alpha value is -0.430. The Balaban J connectivity index is 1.81. The normalized spacial score (nSPS) is 22.8. The maximum absolute atomic E-state index is 2.41. The van der Waals surface area contributed by atoms with Crippen LogP contribution >= 0.6 is 0 Å². The third kappa shape index (κ3) is 3.37. The van der Waals surface area contributed by atoms with Crippen LogP contribution in [0.3, 0.4) is 0 Å². The van der Waals surface area contributed by atoms with E-state index in [-0.39, 0.29) is 0 Å². The van der Waals surface area contributed by atoms with Gasteiger partial charge in [0.2, 0.25) is 0 Å². The molecule has 0 spiro atoms. The molecule has 2 aliphatic carbocycles. The van der Waals surface area contributed by atoms with E-state index in [4.69, 9.17) is 0 Å². The van der Waals surface area contributed by atoms with Gasteiger partial charge in [0, 0.05) is 10.9 Å². The second-order valence-electron chi connectivity index (χ2n) is 6.20. The molecule has 0 aliphatic heterocycles. The van der Waals surface area contributed by atoms with Crippen LogP contribution < -0.4 is 0 Å². The molecule has 1 heteroatoms. The molecule has 104 valence electrons. The molecule has 0 heterocycles. The summed E-state index contributed by atoms with van der Waals surface area (Å²) in [6.45, 7) is 0. The van der Waals surface area contributed by atoms with Crippen LogP contribution in [0, 0.1) is 0 Å². The molecule has 0 saturated heterocycles. The Labute approximate surface area is 121 Å². The SMILES string of the molecule is c1ccc([S+](C2CCCCC2)C2CCCCC2)cc1. The van der Waals surface area contributed by atoms with Gasteiger partial charge in [-0.15, -0.1) is 0 Å². The van der Waals surface area contributed by atoms with Gasteiger partial charge in [0.15, 0.2) is 4.90 Å². The molecular weight excluding hydrogens is 248 g/mol. The van der Waals surface area contributed by atoms with Gasteiger partial charge in [-0.2, -0.15) is 0 Å². The van der Waals surface area contributed by atoms with Gasteiger partial charge in [0.05, 0.1) is 0 Å². The fourth-order valence-corrected chi connectivity index (χ4v) is 7.34. The van der Waals surface area contributed by atoms with Crippen LogP contribution in [0.4, 0.5) is 0 Å². The molecule has 2 aliphatic rings. The molecule has 0 amide bonds. The summed E-state index contributed by atoms with van der Waals surface area (Å²) in [4.78, 5) is 1.67. The van der Waals surface area contributed by atoms with E-state index in [9.17, 15) is 0 Å². The number of benzene rings is 1. The van der Waals surface area contributed by atoms with Crippen molar-refractivity contribution in [2.45, 2.75) is 79.6 Å². The summed E-state index contributed by atoms with van der Waals surface area (Å²) in [5.74, 6) is 0. The van der Waals surface area contributed by atoms with E-state index < -0.39 is 0 Å². The van der Waals surface area contributed by atoms with Crippen LogP contribution in [0.25, 0.3) is 0 Å². The summed E-state index contributed by atoms with van der Waals surface area (Å²) in [6, 6.07) is 11.5. The predicted octanol–water partition coefficient (Wildman–Crippen LogP) is 5.33. The maximum Gasteiger partial charge on any atom is 0.155 e. The van der Waals surface area contributed by atoms with Crippen LogP contribution in [0.1, 0.15) is 64.2 Å². The lowest BCUT2D eigenvalue weighted by Gasteiger charge is -2.30. The van der Waals surface area contributed by atoms with Crippen molar-refractivity contribution in [3.8, 4) is 0 Å². The molecule has 1 aromatic carbocycles.